The van der Waals surface area contributed by atoms with Crippen LogP contribution in [-0.4, -0.2) is 10.8 Å². The molecule has 0 spiro atoms. The minimum Gasteiger partial charge on any atom is -0.376 e. The van der Waals surface area contributed by atoms with E-state index in [1.54, 1.807) is 0 Å². The summed E-state index contributed by atoms with van der Waals surface area (Å²) in [6.07, 6.45) is 1.56. The van der Waals surface area contributed by atoms with Gasteiger partial charge in [0.05, 0.1) is 0 Å². The van der Waals surface area contributed by atoms with Gasteiger partial charge in [0.1, 0.15) is 5.72 Å². The monoisotopic (exact) mass is 131 g/mol. The van der Waals surface area contributed by atoms with Gasteiger partial charge >= 0.3 is 0 Å². The van der Waals surface area contributed by atoms with E-state index >= 15 is 0 Å². The topological polar surface area (TPSA) is 46.2 Å². The molecule has 56 valence electrons. The quantitative estimate of drug-likeness (QED) is 0.563. The van der Waals surface area contributed by atoms with Crippen molar-refractivity contribution in [1.29, 1.82) is 0 Å². The van der Waals surface area contributed by atoms with Crippen molar-refractivity contribution in [3.8, 4) is 0 Å². The summed E-state index contributed by atoms with van der Waals surface area (Å²) >= 11 is 0. The number of aliphatic hydroxyl groups is 1. The van der Waals surface area contributed by atoms with Crippen LogP contribution in [0.15, 0.2) is 0 Å². The highest BCUT2D eigenvalue weighted by atomic mass is 16.3. The van der Waals surface area contributed by atoms with E-state index in [1.165, 1.54) is 0 Å². The normalized spacial score (nSPS) is 21.0. The van der Waals surface area contributed by atoms with Gasteiger partial charge in [0.25, 0.3) is 0 Å². The molecule has 2 unspecified atom stereocenters. The Bertz CT molecular complexity index is 81.0. The first-order valence-electron chi connectivity index (χ1n) is 3.55. The van der Waals surface area contributed by atoms with Crippen LogP contribution in [-0.2, 0) is 0 Å². The van der Waals surface area contributed by atoms with Crippen LogP contribution in [0.25, 0.3) is 0 Å². The van der Waals surface area contributed by atoms with Gasteiger partial charge in [-0.2, -0.15) is 0 Å². The van der Waals surface area contributed by atoms with Gasteiger partial charge in [-0.25, -0.2) is 0 Å². The highest BCUT2D eigenvalue weighted by molar-refractivity contribution is 4.73. The first kappa shape index (κ1) is 8.92. The molecule has 0 aromatic rings. The third-order valence-corrected chi connectivity index (χ3v) is 2.03. The van der Waals surface area contributed by atoms with Crippen LogP contribution in [0, 0.1) is 5.92 Å². The molecule has 0 aromatic carbocycles. The van der Waals surface area contributed by atoms with Gasteiger partial charge in [-0.05, 0) is 18.8 Å². The van der Waals surface area contributed by atoms with Gasteiger partial charge in [-0.1, -0.05) is 20.8 Å². The van der Waals surface area contributed by atoms with Crippen LogP contribution in [0.2, 0.25) is 0 Å². The number of rotatable bonds is 3. The third-order valence-electron chi connectivity index (χ3n) is 2.03. The van der Waals surface area contributed by atoms with Crippen LogP contribution < -0.4 is 5.73 Å². The van der Waals surface area contributed by atoms with Gasteiger partial charge in [0.15, 0.2) is 0 Å². The van der Waals surface area contributed by atoms with E-state index in [2.05, 4.69) is 0 Å². The average Bonchev–Trinajstić information content (AvgIpc) is 1.86. The van der Waals surface area contributed by atoms with E-state index in [9.17, 15) is 5.11 Å². The summed E-state index contributed by atoms with van der Waals surface area (Å²) in [7, 11) is 0. The van der Waals surface area contributed by atoms with Gasteiger partial charge in [-0.15, -0.1) is 0 Å². The molecule has 2 heteroatoms. The van der Waals surface area contributed by atoms with Crippen molar-refractivity contribution < 1.29 is 5.11 Å². The molecule has 0 rings (SSSR count). The maximum Gasteiger partial charge on any atom is 0.115 e. The molecule has 0 amide bonds. The van der Waals surface area contributed by atoms with E-state index in [0.717, 1.165) is 6.42 Å². The molecule has 0 aliphatic carbocycles. The molecule has 3 N–H and O–H groups in total. The van der Waals surface area contributed by atoms with E-state index in [4.69, 9.17) is 5.73 Å². The largest absolute Gasteiger partial charge is 0.376 e. The predicted molar refractivity (Wildman–Crippen MR) is 38.9 cm³/mol. The predicted octanol–water partition coefficient (Wildman–Crippen LogP) is 1.09. The van der Waals surface area contributed by atoms with Crippen LogP contribution in [0.4, 0.5) is 0 Å². The summed E-state index contributed by atoms with van der Waals surface area (Å²) < 4.78 is 0. The second-order valence-electron chi connectivity index (χ2n) is 2.65. The molecule has 2 atom stereocenters. The average molecular weight is 131 g/mol. The van der Waals surface area contributed by atoms with E-state index in [-0.39, 0.29) is 5.92 Å². The Balaban J connectivity index is 3.80. The Morgan fingerprint density at radius 3 is 2.11 bits per heavy atom. The molecule has 0 aromatic heterocycles. The minimum atomic E-state index is -0.950. The second kappa shape index (κ2) is 3.18. The van der Waals surface area contributed by atoms with Crippen molar-refractivity contribution in [3.05, 3.63) is 0 Å². The molecule has 0 aliphatic heterocycles. The van der Waals surface area contributed by atoms with Crippen LogP contribution in [0.3, 0.4) is 0 Å². The summed E-state index contributed by atoms with van der Waals surface area (Å²) in [5, 5.41) is 9.37. The number of nitrogens with two attached hydrogens (primary N) is 1. The fourth-order valence-corrected chi connectivity index (χ4v) is 0.702. The highest BCUT2D eigenvalue weighted by Crippen LogP contribution is 2.17. The molecule has 0 saturated heterocycles. The Kier molecular flexibility index (Phi) is 3.15. The lowest BCUT2D eigenvalue weighted by molar-refractivity contribution is -0.0109. The maximum atomic E-state index is 9.37. The Morgan fingerprint density at radius 2 is 2.00 bits per heavy atom. The molecule has 0 bridgehead atoms. The molecule has 0 saturated carbocycles. The van der Waals surface area contributed by atoms with Crippen molar-refractivity contribution in [2.75, 3.05) is 0 Å². The lowest BCUT2D eigenvalue weighted by Crippen LogP contribution is -2.44. The Morgan fingerprint density at radius 1 is 1.56 bits per heavy atom. The van der Waals surface area contributed by atoms with Gasteiger partial charge < -0.3 is 10.8 Å². The molecule has 9 heavy (non-hydrogen) atoms. The Labute approximate surface area is 57.1 Å². The lowest BCUT2D eigenvalue weighted by Gasteiger charge is -2.27. The van der Waals surface area contributed by atoms with Gasteiger partial charge in [0, 0.05) is 0 Å². The molecule has 0 heterocycles. The minimum absolute atomic E-state index is 0.197. The Hall–Kier alpha value is -0.0800. The smallest absolute Gasteiger partial charge is 0.115 e. The van der Waals surface area contributed by atoms with E-state index in [1.807, 2.05) is 20.8 Å². The third kappa shape index (κ3) is 2.33. The summed E-state index contributed by atoms with van der Waals surface area (Å²) in [6.45, 7) is 5.88. The zero-order chi connectivity index (χ0) is 7.49. The van der Waals surface area contributed by atoms with E-state index < -0.39 is 5.72 Å². The molecular weight excluding hydrogens is 114 g/mol. The zero-order valence-electron chi connectivity index (χ0n) is 6.52. The van der Waals surface area contributed by atoms with Crippen molar-refractivity contribution in [2.45, 2.75) is 39.3 Å². The van der Waals surface area contributed by atoms with Crippen LogP contribution in [0.1, 0.15) is 33.6 Å². The van der Waals surface area contributed by atoms with Crippen molar-refractivity contribution in [2.24, 2.45) is 11.7 Å². The molecule has 0 fully saturated rings. The number of hydrogen-bond acceptors (Lipinski definition) is 2. The first-order valence-corrected chi connectivity index (χ1v) is 3.55. The second-order valence-corrected chi connectivity index (χ2v) is 2.65. The molecule has 2 nitrogen and oxygen atoms in total. The standard InChI is InChI=1S/C7H17NO/c1-4-6(3)7(8,9)5-2/h6,9H,4-5,8H2,1-3H3. The summed E-state index contributed by atoms with van der Waals surface area (Å²) in [6, 6.07) is 0. The van der Waals surface area contributed by atoms with E-state index in [0.29, 0.717) is 6.42 Å². The highest BCUT2D eigenvalue weighted by Gasteiger charge is 2.24. The summed E-state index contributed by atoms with van der Waals surface area (Å²) in [4.78, 5) is 0. The van der Waals surface area contributed by atoms with Crippen molar-refractivity contribution in [3.63, 3.8) is 0 Å². The van der Waals surface area contributed by atoms with Crippen LogP contribution >= 0.6 is 0 Å². The van der Waals surface area contributed by atoms with Gasteiger partial charge in [-0.3, -0.25) is 0 Å². The summed E-state index contributed by atoms with van der Waals surface area (Å²) in [5.41, 5.74) is 4.58. The molecule has 0 aliphatic rings. The van der Waals surface area contributed by atoms with Crippen molar-refractivity contribution in [1.82, 2.24) is 0 Å². The van der Waals surface area contributed by atoms with Gasteiger partial charge in [0.2, 0.25) is 0 Å². The summed E-state index contributed by atoms with van der Waals surface area (Å²) in [5.74, 6) is 0.197. The number of hydrogen-bond donors (Lipinski definition) is 2. The lowest BCUT2D eigenvalue weighted by atomic mass is 9.94. The fourth-order valence-electron chi connectivity index (χ4n) is 0.702. The SMILES string of the molecule is CCC(C)C(N)(O)CC. The van der Waals surface area contributed by atoms with Crippen molar-refractivity contribution >= 4 is 0 Å². The molecular formula is C7H17NO. The fraction of sp³-hybridized carbons (Fsp3) is 1.00. The van der Waals surface area contributed by atoms with Crippen LogP contribution in [0.5, 0.6) is 0 Å². The zero-order valence-corrected chi connectivity index (χ0v) is 6.52. The first-order chi connectivity index (χ1) is 4.04. The maximum absolute atomic E-state index is 9.37. The molecule has 0 radical (unpaired) electrons.